The van der Waals surface area contributed by atoms with Gasteiger partial charge in [0, 0.05) is 0 Å². The summed E-state index contributed by atoms with van der Waals surface area (Å²) in [7, 11) is -4.70. The molecule has 0 unspecified atom stereocenters. The van der Waals surface area contributed by atoms with Gasteiger partial charge in [0.25, 0.3) is 10.0 Å². The Labute approximate surface area is 152 Å². The topological polar surface area (TPSA) is 59.1 Å². The molecule has 0 amide bonds. The van der Waals surface area contributed by atoms with Crippen LogP contribution in [0.4, 0.5) is 32.0 Å². The van der Waals surface area contributed by atoms with Crippen LogP contribution >= 0.6 is 11.3 Å². The second-order valence-electron chi connectivity index (χ2n) is 5.38. The van der Waals surface area contributed by atoms with Gasteiger partial charge in [-0.1, -0.05) is 0 Å². The van der Waals surface area contributed by atoms with E-state index in [2.05, 4.69) is 4.98 Å². The number of halogens is 6. The van der Waals surface area contributed by atoms with Gasteiger partial charge in [-0.15, -0.1) is 11.3 Å². The lowest BCUT2D eigenvalue weighted by Gasteiger charge is -2.15. The highest BCUT2D eigenvalue weighted by Gasteiger charge is 2.38. The number of aromatic nitrogens is 1. The summed E-state index contributed by atoms with van der Waals surface area (Å²) in [4.78, 5) is 2.84. The Hall–Kier alpha value is -2.34. The SMILES string of the molecule is O=S(=O)(Nc1ccc2ncsc2c1)c1cc(C(F)(F)F)cc(C(F)(F)F)c1. The van der Waals surface area contributed by atoms with Crippen LogP contribution in [0.1, 0.15) is 11.1 Å². The lowest BCUT2D eigenvalue weighted by molar-refractivity contribution is -0.143. The molecule has 3 rings (SSSR count). The van der Waals surface area contributed by atoms with Crippen LogP contribution in [0.15, 0.2) is 46.8 Å². The van der Waals surface area contributed by atoms with E-state index in [4.69, 9.17) is 0 Å². The molecule has 0 aliphatic heterocycles. The maximum atomic E-state index is 12.9. The summed E-state index contributed by atoms with van der Waals surface area (Å²) in [5, 5.41) is 0. The van der Waals surface area contributed by atoms with Crippen LogP contribution in [0.3, 0.4) is 0 Å². The van der Waals surface area contributed by atoms with Crippen molar-refractivity contribution >= 4 is 37.3 Å². The van der Waals surface area contributed by atoms with Crippen molar-refractivity contribution in [2.75, 3.05) is 4.72 Å². The van der Waals surface area contributed by atoms with Gasteiger partial charge in [-0.25, -0.2) is 13.4 Å². The van der Waals surface area contributed by atoms with Crippen LogP contribution < -0.4 is 4.72 Å². The molecule has 0 aliphatic rings. The number of fused-ring (bicyclic) bond motifs is 1. The fourth-order valence-corrected chi connectivity index (χ4v) is 4.05. The van der Waals surface area contributed by atoms with Crippen LogP contribution in [0.2, 0.25) is 0 Å². The smallest absolute Gasteiger partial charge is 0.280 e. The van der Waals surface area contributed by atoms with E-state index in [0.717, 1.165) is 0 Å². The van der Waals surface area contributed by atoms with Crippen molar-refractivity contribution in [1.29, 1.82) is 0 Å². The van der Waals surface area contributed by atoms with E-state index in [1.54, 1.807) is 0 Å². The summed E-state index contributed by atoms with van der Waals surface area (Å²) in [5.74, 6) is 0. The third-order valence-electron chi connectivity index (χ3n) is 3.45. The number of alkyl halides is 6. The monoisotopic (exact) mass is 426 g/mol. The van der Waals surface area contributed by atoms with Crippen molar-refractivity contribution in [3.63, 3.8) is 0 Å². The van der Waals surface area contributed by atoms with E-state index in [1.165, 1.54) is 35.0 Å². The van der Waals surface area contributed by atoms with Crippen molar-refractivity contribution in [2.24, 2.45) is 0 Å². The molecule has 12 heteroatoms. The number of thiazole rings is 1. The molecule has 0 bridgehead atoms. The van der Waals surface area contributed by atoms with E-state index in [-0.39, 0.29) is 23.9 Å². The lowest BCUT2D eigenvalue weighted by atomic mass is 10.1. The maximum absolute atomic E-state index is 12.9. The molecule has 0 atom stereocenters. The maximum Gasteiger partial charge on any atom is 0.416 e. The summed E-state index contributed by atoms with van der Waals surface area (Å²) in [6.07, 6.45) is -10.3. The number of rotatable bonds is 3. The van der Waals surface area contributed by atoms with Crippen molar-refractivity contribution in [3.8, 4) is 0 Å². The molecule has 1 N–H and O–H groups in total. The molecule has 0 spiro atoms. The minimum absolute atomic E-state index is 0.0160. The van der Waals surface area contributed by atoms with Crippen molar-refractivity contribution in [2.45, 2.75) is 17.2 Å². The van der Waals surface area contributed by atoms with E-state index < -0.39 is 38.4 Å². The van der Waals surface area contributed by atoms with Gasteiger partial charge in [0.05, 0.1) is 37.4 Å². The Morgan fingerprint density at radius 2 is 1.48 bits per heavy atom. The minimum Gasteiger partial charge on any atom is -0.280 e. The minimum atomic E-state index is -5.15. The highest BCUT2D eigenvalue weighted by Crippen LogP contribution is 2.37. The van der Waals surface area contributed by atoms with E-state index >= 15 is 0 Å². The highest BCUT2D eigenvalue weighted by molar-refractivity contribution is 7.92. The zero-order chi connectivity index (χ0) is 20.0. The summed E-state index contributed by atoms with van der Waals surface area (Å²) in [5.41, 5.74) is -1.36. The molecular weight excluding hydrogens is 418 g/mol. The number of anilines is 1. The van der Waals surface area contributed by atoms with E-state index in [9.17, 15) is 34.8 Å². The van der Waals surface area contributed by atoms with E-state index in [1.807, 2.05) is 4.72 Å². The predicted octanol–water partition coefficient (Wildman–Crippen LogP) is 5.13. The third-order valence-corrected chi connectivity index (χ3v) is 5.61. The third kappa shape index (κ3) is 4.16. The largest absolute Gasteiger partial charge is 0.416 e. The van der Waals surface area contributed by atoms with Crippen LogP contribution in [0, 0.1) is 0 Å². The first-order valence-corrected chi connectivity index (χ1v) is 9.38. The van der Waals surface area contributed by atoms with Crippen LogP contribution in [-0.2, 0) is 22.4 Å². The molecule has 0 radical (unpaired) electrons. The molecule has 1 heterocycles. The van der Waals surface area contributed by atoms with Gasteiger partial charge in [0.2, 0.25) is 0 Å². The molecule has 0 aliphatic carbocycles. The van der Waals surface area contributed by atoms with Crippen LogP contribution in [0.5, 0.6) is 0 Å². The molecule has 27 heavy (non-hydrogen) atoms. The molecule has 4 nitrogen and oxygen atoms in total. The van der Waals surface area contributed by atoms with Gasteiger partial charge < -0.3 is 0 Å². The zero-order valence-corrected chi connectivity index (χ0v) is 14.5. The molecular formula is C15H8F6N2O2S2. The fourth-order valence-electron chi connectivity index (χ4n) is 2.21. The molecule has 0 saturated heterocycles. The van der Waals surface area contributed by atoms with Gasteiger partial charge in [0.1, 0.15) is 0 Å². The number of hydrogen-bond acceptors (Lipinski definition) is 4. The summed E-state index contributed by atoms with van der Waals surface area (Å²) in [6, 6.07) is 4.33. The average molecular weight is 426 g/mol. The van der Waals surface area contributed by atoms with Crippen molar-refractivity contribution < 1.29 is 34.8 Å². The molecule has 2 aromatic carbocycles. The Kier molecular flexibility index (Phi) is 4.58. The Morgan fingerprint density at radius 3 is 2.04 bits per heavy atom. The highest BCUT2D eigenvalue weighted by atomic mass is 32.2. The summed E-state index contributed by atoms with van der Waals surface area (Å²) >= 11 is 1.19. The first kappa shape index (κ1) is 19.4. The van der Waals surface area contributed by atoms with Crippen LogP contribution in [-0.4, -0.2) is 13.4 Å². The summed E-state index contributed by atoms with van der Waals surface area (Å²) < 4.78 is 105. The van der Waals surface area contributed by atoms with Gasteiger partial charge in [-0.05, 0) is 36.4 Å². The van der Waals surface area contributed by atoms with Gasteiger partial charge in [0.15, 0.2) is 0 Å². The Morgan fingerprint density at radius 1 is 0.889 bits per heavy atom. The van der Waals surface area contributed by atoms with Gasteiger partial charge in [-0.2, -0.15) is 26.3 Å². The van der Waals surface area contributed by atoms with Gasteiger partial charge >= 0.3 is 12.4 Å². The van der Waals surface area contributed by atoms with Crippen molar-refractivity contribution in [1.82, 2.24) is 4.98 Å². The van der Waals surface area contributed by atoms with Gasteiger partial charge in [-0.3, -0.25) is 4.72 Å². The second kappa shape index (κ2) is 6.37. The quantitative estimate of drug-likeness (QED) is 0.591. The first-order chi connectivity index (χ1) is 12.4. The number of nitrogens with zero attached hydrogens (tertiary/aromatic N) is 1. The molecule has 1 aromatic heterocycles. The Balaban J connectivity index is 2.06. The second-order valence-corrected chi connectivity index (χ2v) is 7.95. The zero-order valence-electron chi connectivity index (χ0n) is 12.9. The molecule has 3 aromatic rings. The standard InChI is InChI=1S/C15H8F6N2O2S2/c16-14(17,18)8-3-9(15(19,20)21)5-11(4-8)27(24,25)23-10-1-2-12-13(6-10)26-7-22-12/h1-7,23H. The lowest BCUT2D eigenvalue weighted by Crippen LogP contribution is -2.17. The number of benzene rings is 2. The predicted molar refractivity (Wildman–Crippen MR) is 86.9 cm³/mol. The molecule has 0 fully saturated rings. The Bertz CT molecular complexity index is 1070. The fraction of sp³-hybridized carbons (Fsp3) is 0.133. The average Bonchev–Trinajstić information content (AvgIpc) is 3.00. The van der Waals surface area contributed by atoms with Crippen LogP contribution in [0.25, 0.3) is 10.2 Å². The number of hydrogen-bond donors (Lipinski definition) is 1. The van der Waals surface area contributed by atoms with E-state index in [0.29, 0.717) is 10.2 Å². The van der Waals surface area contributed by atoms with Crippen molar-refractivity contribution in [3.05, 3.63) is 53.0 Å². The molecule has 144 valence electrons. The number of sulfonamides is 1. The summed E-state index contributed by atoms with van der Waals surface area (Å²) in [6.45, 7) is 0. The number of nitrogens with one attached hydrogen (secondary N) is 1. The molecule has 0 saturated carbocycles. The normalized spacial score (nSPS) is 13.1. The first-order valence-electron chi connectivity index (χ1n) is 7.02.